The van der Waals surface area contributed by atoms with Crippen molar-refractivity contribution in [1.29, 1.82) is 0 Å². The van der Waals surface area contributed by atoms with E-state index in [1.165, 1.54) is 50.3 Å². The van der Waals surface area contributed by atoms with Gasteiger partial charge in [0, 0.05) is 11.7 Å². The second-order valence-electron chi connectivity index (χ2n) is 9.48. The molecule has 2 amide bonds. The third-order valence-electron chi connectivity index (χ3n) is 7.15. The second-order valence-corrected chi connectivity index (χ2v) is 10.5. The number of hydrogen-bond acceptors (Lipinski definition) is 3. The number of carbonyl (C=O) groups is 2. The highest BCUT2D eigenvalue weighted by atomic mass is 32.2. The summed E-state index contributed by atoms with van der Waals surface area (Å²) in [6.45, 7) is 4.21. The van der Waals surface area contributed by atoms with E-state index in [1.807, 2.05) is 31.2 Å². The summed E-state index contributed by atoms with van der Waals surface area (Å²) in [5, 5.41) is 6.17. The molecular formula is C23H32N2O2S. The van der Waals surface area contributed by atoms with Crippen molar-refractivity contribution in [2.45, 2.75) is 58.4 Å². The highest BCUT2D eigenvalue weighted by molar-refractivity contribution is 8.00. The Morgan fingerprint density at radius 2 is 1.68 bits per heavy atom. The van der Waals surface area contributed by atoms with Gasteiger partial charge in [-0.3, -0.25) is 9.59 Å². The Balaban J connectivity index is 1.21. The number of hydrogen-bond donors (Lipinski definition) is 2. The van der Waals surface area contributed by atoms with E-state index in [2.05, 4.69) is 17.6 Å². The zero-order valence-electron chi connectivity index (χ0n) is 17.0. The Kier molecular flexibility index (Phi) is 5.73. The summed E-state index contributed by atoms with van der Waals surface area (Å²) in [4.78, 5) is 24.6. The third kappa shape index (κ3) is 4.40. The van der Waals surface area contributed by atoms with Crippen molar-refractivity contribution in [3.05, 3.63) is 29.8 Å². The van der Waals surface area contributed by atoms with Gasteiger partial charge < -0.3 is 10.6 Å². The topological polar surface area (TPSA) is 58.2 Å². The summed E-state index contributed by atoms with van der Waals surface area (Å²) in [6.07, 6.45) is 8.16. The van der Waals surface area contributed by atoms with Crippen LogP contribution in [0.4, 0.5) is 5.69 Å². The number of nitrogens with one attached hydrogen (secondary N) is 2. The van der Waals surface area contributed by atoms with Crippen LogP contribution >= 0.6 is 11.8 Å². The number of amides is 2. The molecule has 0 saturated heterocycles. The molecule has 4 saturated carbocycles. The van der Waals surface area contributed by atoms with E-state index >= 15 is 0 Å². The predicted molar refractivity (Wildman–Crippen MR) is 115 cm³/mol. The van der Waals surface area contributed by atoms with E-state index in [1.54, 1.807) is 0 Å². The van der Waals surface area contributed by atoms with Crippen LogP contribution in [0.1, 0.15) is 51.0 Å². The minimum Gasteiger partial charge on any atom is -0.352 e. The number of thioether (sulfide) groups is 1. The molecule has 4 aliphatic rings. The molecule has 0 radical (unpaired) electrons. The number of benzene rings is 1. The van der Waals surface area contributed by atoms with Crippen molar-refractivity contribution in [1.82, 2.24) is 5.32 Å². The number of anilines is 1. The molecule has 1 unspecified atom stereocenters. The van der Waals surface area contributed by atoms with Crippen molar-refractivity contribution >= 4 is 29.3 Å². The molecule has 4 nitrogen and oxygen atoms in total. The van der Waals surface area contributed by atoms with Crippen molar-refractivity contribution in [3.8, 4) is 0 Å². The molecule has 1 aromatic carbocycles. The highest BCUT2D eigenvalue weighted by Crippen LogP contribution is 2.61. The first-order valence-corrected chi connectivity index (χ1v) is 11.8. The normalized spacial score (nSPS) is 31.4. The lowest BCUT2D eigenvalue weighted by Gasteiger charge is -2.59. The minimum atomic E-state index is -0.0578. The van der Waals surface area contributed by atoms with Gasteiger partial charge in [-0.05, 0) is 93.2 Å². The Morgan fingerprint density at radius 1 is 1.07 bits per heavy atom. The molecule has 0 heterocycles. The van der Waals surface area contributed by atoms with Gasteiger partial charge in [0.15, 0.2) is 0 Å². The number of rotatable bonds is 7. The zero-order chi connectivity index (χ0) is 19.7. The summed E-state index contributed by atoms with van der Waals surface area (Å²) in [5.74, 6) is 3.33. The molecule has 1 aromatic rings. The SMILES string of the molecule is Cc1cccc(NC(=O)CSCC(=O)NC(C)C23CC4CC(CC(C4)C2)C3)c1. The number of carbonyl (C=O) groups excluding carboxylic acids is 2. The fraction of sp³-hybridized carbons (Fsp3) is 0.652. The largest absolute Gasteiger partial charge is 0.352 e. The second kappa shape index (κ2) is 8.10. The van der Waals surface area contributed by atoms with Crippen LogP contribution in [0.3, 0.4) is 0 Å². The number of aryl methyl sites for hydroxylation is 1. The average Bonchev–Trinajstić information content (AvgIpc) is 2.60. The van der Waals surface area contributed by atoms with Crippen LogP contribution < -0.4 is 10.6 Å². The Labute approximate surface area is 172 Å². The van der Waals surface area contributed by atoms with Gasteiger partial charge in [0.1, 0.15) is 0 Å². The first-order chi connectivity index (χ1) is 13.4. The molecule has 4 aliphatic carbocycles. The van der Waals surface area contributed by atoms with E-state index in [0.717, 1.165) is 29.0 Å². The fourth-order valence-corrected chi connectivity index (χ4v) is 6.93. The van der Waals surface area contributed by atoms with Gasteiger partial charge in [0.2, 0.25) is 11.8 Å². The fourth-order valence-electron chi connectivity index (χ4n) is 6.30. The van der Waals surface area contributed by atoms with Gasteiger partial charge >= 0.3 is 0 Å². The van der Waals surface area contributed by atoms with Gasteiger partial charge in [-0.25, -0.2) is 0 Å². The molecule has 0 aromatic heterocycles. The first-order valence-electron chi connectivity index (χ1n) is 10.7. The van der Waals surface area contributed by atoms with Crippen molar-refractivity contribution in [2.75, 3.05) is 16.8 Å². The summed E-state index contributed by atoms with van der Waals surface area (Å²) < 4.78 is 0. The molecule has 5 heteroatoms. The smallest absolute Gasteiger partial charge is 0.234 e. The van der Waals surface area contributed by atoms with Crippen LogP contribution in [0.15, 0.2) is 24.3 Å². The maximum Gasteiger partial charge on any atom is 0.234 e. The maximum atomic E-state index is 12.5. The van der Waals surface area contributed by atoms with Gasteiger partial charge in [0.05, 0.1) is 11.5 Å². The van der Waals surface area contributed by atoms with E-state index in [0.29, 0.717) is 16.9 Å². The monoisotopic (exact) mass is 400 g/mol. The van der Waals surface area contributed by atoms with Crippen molar-refractivity contribution in [2.24, 2.45) is 23.2 Å². The predicted octanol–water partition coefficient (Wildman–Crippen LogP) is 4.39. The van der Waals surface area contributed by atoms with Crippen molar-refractivity contribution < 1.29 is 9.59 Å². The summed E-state index contributed by atoms with van der Waals surface area (Å²) in [7, 11) is 0. The molecule has 5 rings (SSSR count). The lowest BCUT2D eigenvalue weighted by atomic mass is 9.48. The van der Waals surface area contributed by atoms with Crippen LogP contribution in [0.2, 0.25) is 0 Å². The van der Waals surface area contributed by atoms with Gasteiger partial charge in [-0.15, -0.1) is 11.8 Å². The lowest BCUT2D eigenvalue weighted by Crippen LogP contribution is -2.56. The van der Waals surface area contributed by atoms with Crippen LogP contribution in [0.5, 0.6) is 0 Å². The summed E-state index contributed by atoms with van der Waals surface area (Å²) in [6, 6.07) is 8.00. The molecule has 28 heavy (non-hydrogen) atoms. The minimum absolute atomic E-state index is 0.0578. The zero-order valence-corrected chi connectivity index (χ0v) is 17.8. The van der Waals surface area contributed by atoms with Gasteiger partial charge in [-0.2, -0.15) is 0 Å². The van der Waals surface area contributed by atoms with Gasteiger partial charge in [0.25, 0.3) is 0 Å². The molecule has 1 atom stereocenters. The third-order valence-corrected chi connectivity index (χ3v) is 8.08. The maximum absolute atomic E-state index is 12.5. The molecule has 4 bridgehead atoms. The lowest BCUT2D eigenvalue weighted by molar-refractivity contribution is -0.123. The van der Waals surface area contributed by atoms with E-state index in [4.69, 9.17) is 0 Å². The first kappa shape index (κ1) is 19.8. The van der Waals surface area contributed by atoms with Gasteiger partial charge in [-0.1, -0.05) is 12.1 Å². The Bertz CT molecular complexity index is 713. The molecule has 152 valence electrons. The van der Waals surface area contributed by atoms with Crippen LogP contribution in [0.25, 0.3) is 0 Å². The highest BCUT2D eigenvalue weighted by Gasteiger charge is 2.53. The molecular weight excluding hydrogens is 368 g/mol. The summed E-state index contributed by atoms with van der Waals surface area (Å²) in [5.41, 5.74) is 2.26. The quantitative estimate of drug-likeness (QED) is 0.714. The average molecular weight is 401 g/mol. The van der Waals surface area contributed by atoms with E-state index < -0.39 is 0 Å². The molecule has 0 spiro atoms. The molecule has 2 N–H and O–H groups in total. The summed E-state index contributed by atoms with van der Waals surface area (Å²) >= 11 is 1.39. The standard InChI is InChI=1S/C23H32N2O2S/c1-15-4-3-5-20(6-15)25-22(27)14-28-13-21(26)24-16(2)23-10-17-7-18(11-23)9-19(8-17)12-23/h3-6,16-19H,7-14H2,1-2H3,(H,24,26)(H,25,27). The van der Waals surface area contributed by atoms with Crippen molar-refractivity contribution in [3.63, 3.8) is 0 Å². The van der Waals surface area contributed by atoms with Crippen LogP contribution in [-0.4, -0.2) is 29.4 Å². The van der Waals surface area contributed by atoms with Crippen LogP contribution in [-0.2, 0) is 9.59 Å². The van der Waals surface area contributed by atoms with E-state index in [9.17, 15) is 9.59 Å². The molecule has 0 aliphatic heterocycles. The molecule has 4 fully saturated rings. The van der Waals surface area contributed by atoms with Crippen LogP contribution in [0, 0.1) is 30.1 Å². The van der Waals surface area contributed by atoms with E-state index in [-0.39, 0.29) is 17.9 Å². The Morgan fingerprint density at radius 3 is 2.29 bits per heavy atom. The Hall–Kier alpha value is -1.49.